The van der Waals surface area contributed by atoms with E-state index in [4.69, 9.17) is 0 Å². The molecule has 0 radical (unpaired) electrons. The number of nitrogens with zero attached hydrogens (tertiary/aromatic N) is 2. The van der Waals surface area contributed by atoms with Crippen molar-refractivity contribution < 1.29 is 4.79 Å². The molecule has 1 aromatic carbocycles. The quantitative estimate of drug-likeness (QED) is 0.570. The molecule has 0 aliphatic heterocycles. The highest BCUT2D eigenvalue weighted by Crippen LogP contribution is 2.25. The largest absolute Gasteiger partial charge is 0.305 e. The fraction of sp³-hybridized carbons (Fsp3) is 0.105. The first-order valence-corrected chi connectivity index (χ1v) is 8.77. The van der Waals surface area contributed by atoms with Crippen molar-refractivity contribution >= 4 is 34.0 Å². The average molecular weight is 348 g/mol. The predicted molar refractivity (Wildman–Crippen MR) is 101 cm³/mol. The van der Waals surface area contributed by atoms with Crippen LogP contribution in [0.1, 0.15) is 21.6 Å². The summed E-state index contributed by atoms with van der Waals surface area (Å²) < 4.78 is 0. The van der Waals surface area contributed by atoms with Crippen LogP contribution in [0.3, 0.4) is 0 Å². The number of aryl methyl sites for hydroxylation is 2. The average Bonchev–Trinajstić information content (AvgIpc) is 3.25. The second kappa shape index (κ2) is 6.14. The van der Waals surface area contributed by atoms with Gasteiger partial charge in [0, 0.05) is 17.1 Å². The normalized spacial score (nSPS) is 11.0. The van der Waals surface area contributed by atoms with Crippen LogP contribution in [0.25, 0.3) is 21.5 Å². The van der Waals surface area contributed by atoms with Gasteiger partial charge in [-0.25, -0.2) is 0 Å². The molecule has 1 amide bonds. The van der Waals surface area contributed by atoms with Gasteiger partial charge in [-0.1, -0.05) is 17.7 Å². The maximum atomic E-state index is 12.8. The van der Waals surface area contributed by atoms with E-state index >= 15 is 0 Å². The van der Waals surface area contributed by atoms with Gasteiger partial charge in [-0.2, -0.15) is 5.10 Å². The van der Waals surface area contributed by atoms with E-state index in [1.165, 1.54) is 0 Å². The zero-order valence-corrected chi connectivity index (χ0v) is 14.6. The lowest BCUT2D eigenvalue weighted by Crippen LogP contribution is -2.13. The highest BCUT2D eigenvalue weighted by molar-refractivity contribution is 7.13. The molecule has 4 rings (SSSR count). The minimum atomic E-state index is -0.190. The van der Waals surface area contributed by atoms with Crippen molar-refractivity contribution in [2.75, 3.05) is 5.32 Å². The first-order valence-electron chi connectivity index (χ1n) is 7.89. The second-order valence-electron chi connectivity index (χ2n) is 5.93. The summed E-state index contributed by atoms with van der Waals surface area (Å²) in [6.45, 7) is 3.89. The third-order valence-corrected chi connectivity index (χ3v) is 4.85. The van der Waals surface area contributed by atoms with Crippen LogP contribution in [0.2, 0.25) is 0 Å². The molecular formula is C19H16N4OS. The lowest BCUT2D eigenvalue weighted by molar-refractivity contribution is 0.102. The van der Waals surface area contributed by atoms with E-state index in [1.807, 2.05) is 61.7 Å². The summed E-state index contributed by atoms with van der Waals surface area (Å²) in [4.78, 5) is 18.4. The van der Waals surface area contributed by atoms with Crippen LogP contribution in [0, 0.1) is 13.8 Å². The standard InChI is InChI=1S/C19H16N4OS/c1-11-5-6-15-13(8-11)14(9-12(2)20-15)19(24)21-18-10-16(22-23-18)17-4-3-7-25-17/h3-10H,1-2H3,(H2,21,22,23,24). The number of benzene rings is 1. The van der Waals surface area contributed by atoms with Gasteiger partial charge in [0.25, 0.3) is 5.91 Å². The number of amides is 1. The number of hydrogen-bond donors (Lipinski definition) is 2. The molecule has 25 heavy (non-hydrogen) atoms. The van der Waals surface area contributed by atoms with Gasteiger partial charge in [-0.15, -0.1) is 11.3 Å². The molecule has 0 saturated carbocycles. The highest BCUT2D eigenvalue weighted by Gasteiger charge is 2.14. The van der Waals surface area contributed by atoms with E-state index in [-0.39, 0.29) is 5.91 Å². The lowest BCUT2D eigenvalue weighted by atomic mass is 10.0. The number of fused-ring (bicyclic) bond motifs is 1. The molecule has 0 unspecified atom stereocenters. The number of H-pyrrole nitrogens is 1. The zero-order valence-electron chi connectivity index (χ0n) is 13.8. The smallest absolute Gasteiger partial charge is 0.257 e. The van der Waals surface area contributed by atoms with Crippen LogP contribution >= 0.6 is 11.3 Å². The van der Waals surface area contributed by atoms with Crippen molar-refractivity contribution in [3.8, 4) is 10.6 Å². The van der Waals surface area contributed by atoms with E-state index in [9.17, 15) is 4.79 Å². The number of rotatable bonds is 3. The molecule has 0 atom stereocenters. The molecule has 4 aromatic rings. The van der Waals surface area contributed by atoms with Crippen LogP contribution < -0.4 is 5.32 Å². The van der Waals surface area contributed by atoms with Crippen molar-refractivity contribution in [3.63, 3.8) is 0 Å². The molecule has 0 aliphatic rings. The summed E-state index contributed by atoms with van der Waals surface area (Å²) >= 11 is 1.62. The van der Waals surface area contributed by atoms with Crippen molar-refractivity contribution in [2.45, 2.75) is 13.8 Å². The van der Waals surface area contributed by atoms with Crippen LogP contribution in [-0.4, -0.2) is 21.1 Å². The van der Waals surface area contributed by atoms with Gasteiger partial charge < -0.3 is 5.32 Å². The molecule has 0 saturated heterocycles. The SMILES string of the molecule is Cc1ccc2nc(C)cc(C(=O)Nc3cc(-c4cccs4)[nH]n3)c2c1. The van der Waals surface area contributed by atoms with E-state index in [2.05, 4.69) is 20.5 Å². The minimum absolute atomic E-state index is 0.190. The second-order valence-corrected chi connectivity index (χ2v) is 6.88. The van der Waals surface area contributed by atoms with Gasteiger partial charge in [0.05, 0.1) is 21.7 Å². The topological polar surface area (TPSA) is 70.7 Å². The number of anilines is 1. The van der Waals surface area contributed by atoms with Crippen molar-refractivity contribution in [1.82, 2.24) is 15.2 Å². The summed E-state index contributed by atoms with van der Waals surface area (Å²) in [5, 5.41) is 12.9. The lowest BCUT2D eigenvalue weighted by Gasteiger charge is -2.08. The molecule has 2 N–H and O–H groups in total. The highest BCUT2D eigenvalue weighted by atomic mass is 32.1. The third-order valence-electron chi connectivity index (χ3n) is 3.94. The number of aromatic nitrogens is 3. The maximum Gasteiger partial charge on any atom is 0.257 e. The Labute approximate surface area is 148 Å². The van der Waals surface area contributed by atoms with Gasteiger partial charge in [-0.05, 0) is 43.5 Å². The number of pyridine rings is 1. The van der Waals surface area contributed by atoms with E-state index in [0.717, 1.165) is 32.7 Å². The third kappa shape index (κ3) is 3.04. The molecule has 0 spiro atoms. The number of hydrogen-bond acceptors (Lipinski definition) is 4. The number of carbonyl (C=O) groups excluding carboxylic acids is 1. The van der Waals surface area contributed by atoms with Gasteiger partial charge >= 0.3 is 0 Å². The molecule has 5 nitrogen and oxygen atoms in total. The van der Waals surface area contributed by atoms with E-state index < -0.39 is 0 Å². The molecular weight excluding hydrogens is 332 g/mol. The van der Waals surface area contributed by atoms with Gasteiger partial charge in [0.2, 0.25) is 0 Å². The Kier molecular flexibility index (Phi) is 3.82. The van der Waals surface area contributed by atoms with Crippen LogP contribution in [0.15, 0.2) is 47.8 Å². The minimum Gasteiger partial charge on any atom is -0.305 e. The Morgan fingerprint density at radius 1 is 1.16 bits per heavy atom. The number of aromatic amines is 1. The van der Waals surface area contributed by atoms with Crippen molar-refractivity contribution in [1.29, 1.82) is 0 Å². The summed E-state index contributed by atoms with van der Waals surface area (Å²) in [7, 11) is 0. The Balaban J connectivity index is 1.67. The summed E-state index contributed by atoms with van der Waals surface area (Å²) in [5.41, 5.74) is 4.20. The Bertz CT molecular complexity index is 1070. The van der Waals surface area contributed by atoms with Crippen LogP contribution in [0.4, 0.5) is 5.82 Å². The zero-order chi connectivity index (χ0) is 17.4. The Hall–Kier alpha value is -2.99. The molecule has 0 aliphatic carbocycles. The molecule has 0 fully saturated rings. The van der Waals surface area contributed by atoms with Crippen LogP contribution in [-0.2, 0) is 0 Å². The fourth-order valence-corrected chi connectivity index (χ4v) is 3.48. The predicted octanol–water partition coefficient (Wildman–Crippen LogP) is 4.56. The molecule has 124 valence electrons. The summed E-state index contributed by atoms with van der Waals surface area (Å²) in [5.74, 6) is 0.314. The fourth-order valence-electron chi connectivity index (χ4n) is 2.79. The van der Waals surface area contributed by atoms with Crippen molar-refractivity contribution in [2.24, 2.45) is 0 Å². The van der Waals surface area contributed by atoms with Gasteiger partial charge in [-0.3, -0.25) is 14.9 Å². The summed E-state index contributed by atoms with van der Waals surface area (Å²) in [6.07, 6.45) is 0. The summed E-state index contributed by atoms with van der Waals surface area (Å²) in [6, 6.07) is 13.6. The molecule has 6 heteroatoms. The first-order chi connectivity index (χ1) is 12.1. The maximum absolute atomic E-state index is 12.8. The van der Waals surface area contributed by atoms with E-state index in [0.29, 0.717) is 11.4 Å². The number of thiophene rings is 1. The first kappa shape index (κ1) is 15.5. The van der Waals surface area contributed by atoms with Gasteiger partial charge in [0.15, 0.2) is 5.82 Å². The Morgan fingerprint density at radius 3 is 2.84 bits per heavy atom. The monoisotopic (exact) mass is 348 g/mol. The van der Waals surface area contributed by atoms with E-state index in [1.54, 1.807) is 11.3 Å². The molecule has 3 aromatic heterocycles. The Morgan fingerprint density at radius 2 is 2.04 bits per heavy atom. The number of nitrogens with one attached hydrogen (secondary N) is 2. The number of carbonyl (C=O) groups is 1. The molecule has 0 bridgehead atoms. The van der Waals surface area contributed by atoms with Crippen molar-refractivity contribution in [3.05, 3.63) is 64.7 Å². The van der Waals surface area contributed by atoms with Crippen LogP contribution in [0.5, 0.6) is 0 Å². The van der Waals surface area contributed by atoms with Gasteiger partial charge in [0.1, 0.15) is 0 Å². The molecule has 3 heterocycles.